The Morgan fingerprint density at radius 1 is 1.16 bits per heavy atom. The summed E-state index contributed by atoms with van der Waals surface area (Å²) in [6, 6.07) is 8.92. The van der Waals surface area contributed by atoms with E-state index in [2.05, 4.69) is 11.3 Å². The number of esters is 1. The van der Waals surface area contributed by atoms with Crippen LogP contribution in [0, 0.1) is 0 Å². The van der Waals surface area contributed by atoms with Gasteiger partial charge >= 0.3 is 5.97 Å². The minimum Gasteiger partial charge on any atom is -0.423 e. The predicted octanol–water partition coefficient (Wildman–Crippen LogP) is 1.16. The number of aliphatic hydroxyl groups excluding tert-OH is 2. The summed E-state index contributed by atoms with van der Waals surface area (Å²) in [5.41, 5.74) is 0.402. The van der Waals surface area contributed by atoms with E-state index in [1.165, 1.54) is 0 Å². The van der Waals surface area contributed by atoms with Gasteiger partial charge in [0.15, 0.2) is 0 Å². The van der Waals surface area contributed by atoms with Crippen LogP contribution >= 0.6 is 0 Å². The van der Waals surface area contributed by atoms with Crippen LogP contribution in [-0.4, -0.2) is 42.6 Å². The molecule has 1 aromatic carbocycles. The molecule has 0 aliphatic rings. The van der Waals surface area contributed by atoms with Gasteiger partial charge in [0.1, 0.15) is 5.75 Å². The Hall–Kier alpha value is -1.69. The quantitative estimate of drug-likeness (QED) is 0.350. The lowest BCUT2D eigenvalue weighted by molar-refractivity contribution is -0.130. The maximum Gasteiger partial charge on any atom is 0.338 e. The molecule has 19 heavy (non-hydrogen) atoms. The van der Waals surface area contributed by atoms with Gasteiger partial charge in [-0.1, -0.05) is 24.8 Å². The van der Waals surface area contributed by atoms with Crippen molar-refractivity contribution in [1.29, 1.82) is 0 Å². The van der Waals surface area contributed by atoms with Crippen LogP contribution < -0.4 is 4.74 Å². The molecule has 0 radical (unpaired) electrons. The Balaban J connectivity index is 0.000000399. The number of hydrogen-bond acceptors (Lipinski definition) is 5. The van der Waals surface area contributed by atoms with Crippen LogP contribution in [0.3, 0.4) is 0 Å². The van der Waals surface area contributed by atoms with Crippen molar-refractivity contribution >= 4 is 5.97 Å². The molecule has 0 spiro atoms. The van der Waals surface area contributed by atoms with Crippen molar-refractivity contribution in [3.63, 3.8) is 0 Å². The van der Waals surface area contributed by atoms with Gasteiger partial charge in [-0.05, 0) is 19.1 Å². The topological polar surface area (TPSA) is 76.0 Å². The van der Waals surface area contributed by atoms with Gasteiger partial charge in [0.2, 0.25) is 0 Å². The summed E-state index contributed by atoms with van der Waals surface area (Å²) in [5, 5.41) is 16.2. The molecule has 0 atom stereocenters. The second-order valence-corrected chi connectivity index (χ2v) is 3.54. The van der Waals surface area contributed by atoms with E-state index in [1.807, 2.05) is 6.07 Å². The standard InChI is InChI=1S/C10H10O2.C4H10O3/c1-8(2)10(11)12-9-6-4-3-5-7-9;5-1-3-7-4-2-6/h3-7H,1H2,2H3;5-6H,1-4H2. The summed E-state index contributed by atoms with van der Waals surface area (Å²) in [4.78, 5) is 11.0. The average molecular weight is 268 g/mol. The first-order valence-electron chi connectivity index (χ1n) is 5.84. The molecule has 0 aliphatic heterocycles. The molecule has 0 unspecified atom stereocenters. The molecule has 5 nitrogen and oxygen atoms in total. The second kappa shape index (κ2) is 11.4. The summed E-state index contributed by atoms with van der Waals surface area (Å²) in [5.74, 6) is 0.159. The van der Waals surface area contributed by atoms with Crippen molar-refractivity contribution in [1.82, 2.24) is 0 Å². The summed E-state index contributed by atoms with van der Waals surface area (Å²) >= 11 is 0. The van der Waals surface area contributed by atoms with E-state index in [9.17, 15) is 4.79 Å². The normalized spacial score (nSPS) is 9.21. The lowest BCUT2D eigenvalue weighted by Gasteiger charge is -2.01. The maximum atomic E-state index is 11.0. The van der Waals surface area contributed by atoms with Gasteiger partial charge in [-0.3, -0.25) is 0 Å². The molecule has 0 saturated heterocycles. The molecule has 0 fully saturated rings. The summed E-state index contributed by atoms with van der Waals surface area (Å²) in [7, 11) is 0. The van der Waals surface area contributed by atoms with E-state index in [4.69, 9.17) is 14.9 Å². The van der Waals surface area contributed by atoms with Crippen LogP contribution in [0.15, 0.2) is 42.5 Å². The molecule has 2 N–H and O–H groups in total. The molecule has 0 aliphatic carbocycles. The van der Waals surface area contributed by atoms with E-state index in [0.717, 1.165) is 0 Å². The number of carbonyl (C=O) groups is 1. The summed E-state index contributed by atoms with van der Waals surface area (Å²) in [6.45, 7) is 5.79. The molecule has 1 aromatic rings. The zero-order valence-electron chi connectivity index (χ0n) is 11.0. The fourth-order valence-corrected chi connectivity index (χ4v) is 0.914. The minimum absolute atomic E-state index is 0.0278. The molecule has 106 valence electrons. The Bertz CT molecular complexity index is 357. The van der Waals surface area contributed by atoms with Crippen LogP contribution in [-0.2, 0) is 9.53 Å². The zero-order chi connectivity index (χ0) is 14.5. The van der Waals surface area contributed by atoms with E-state index in [1.54, 1.807) is 31.2 Å². The SMILES string of the molecule is C=C(C)C(=O)Oc1ccccc1.OCCOCCO. The van der Waals surface area contributed by atoms with Gasteiger partial charge < -0.3 is 19.7 Å². The van der Waals surface area contributed by atoms with Gasteiger partial charge in [0.05, 0.1) is 26.4 Å². The summed E-state index contributed by atoms with van der Waals surface area (Å²) in [6.07, 6.45) is 0. The highest BCUT2D eigenvalue weighted by molar-refractivity contribution is 5.88. The number of para-hydroxylation sites is 1. The molecule has 0 amide bonds. The van der Waals surface area contributed by atoms with Crippen LogP contribution in [0.5, 0.6) is 5.75 Å². The monoisotopic (exact) mass is 268 g/mol. The molecule has 0 heterocycles. The van der Waals surface area contributed by atoms with Crippen molar-refractivity contribution in [3.8, 4) is 5.75 Å². The van der Waals surface area contributed by atoms with Gasteiger partial charge in [-0.25, -0.2) is 4.79 Å². The number of benzene rings is 1. The first kappa shape index (κ1) is 17.3. The van der Waals surface area contributed by atoms with Crippen LogP contribution in [0.25, 0.3) is 0 Å². The highest BCUT2D eigenvalue weighted by Gasteiger charge is 2.03. The highest BCUT2D eigenvalue weighted by atomic mass is 16.5. The van der Waals surface area contributed by atoms with Crippen LogP contribution in [0.4, 0.5) is 0 Å². The zero-order valence-corrected chi connectivity index (χ0v) is 11.0. The van der Waals surface area contributed by atoms with E-state index < -0.39 is 0 Å². The fraction of sp³-hybridized carbons (Fsp3) is 0.357. The lowest BCUT2D eigenvalue weighted by Crippen LogP contribution is -2.07. The number of hydrogen-bond donors (Lipinski definition) is 2. The third kappa shape index (κ3) is 9.96. The fourth-order valence-electron chi connectivity index (χ4n) is 0.914. The van der Waals surface area contributed by atoms with Gasteiger partial charge in [0.25, 0.3) is 0 Å². The van der Waals surface area contributed by atoms with Crippen molar-refractivity contribution in [3.05, 3.63) is 42.5 Å². The molecule has 0 aromatic heterocycles. The number of carbonyl (C=O) groups excluding carboxylic acids is 1. The number of ether oxygens (including phenoxy) is 2. The summed E-state index contributed by atoms with van der Waals surface area (Å²) < 4.78 is 9.57. The molecule has 5 heteroatoms. The largest absolute Gasteiger partial charge is 0.423 e. The van der Waals surface area contributed by atoms with Crippen molar-refractivity contribution < 1.29 is 24.5 Å². The molecule has 1 rings (SSSR count). The highest BCUT2D eigenvalue weighted by Crippen LogP contribution is 2.09. The second-order valence-electron chi connectivity index (χ2n) is 3.54. The predicted molar refractivity (Wildman–Crippen MR) is 71.9 cm³/mol. The Kier molecular flexibility index (Phi) is 10.4. The smallest absolute Gasteiger partial charge is 0.338 e. The Labute approximate surface area is 113 Å². The van der Waals surface area contributed by atoms with Crippen LogP contribution in [0.1, 0.15) is 6.92 Å². The third-order valence-electron chi connectivity index (χ3n) is 1.77. The first-order chi connectivity index (χ1) is 9.11. The van der Waals surface area contributed by atoms with E-state index >= 15 is 0 Å². The maximum absolute atomic E-state index is 11.0. The van der Waals surface area contributed by atoms with E-state index in [-0.39, 0.29) is 19.2 Å². The average Bonchev–Trinajstić information content (AvgIpc) is 2.41. The molecular formula is C14H20O5. The van der Waals surface area contributed by atoms with Gasteiger partial charge in [-0.2, -0.15) is 0 Å². The lowest BCUT2D eigenvalue weighted by atomic mass is 10.3. The molecular weight excluding hydrogens is 248 g/mol. The van der Waals surface area contributed by atoms with Crippen LogP contribution in [0.2, 0.25) is 0 Å². The minimum atomic E-state index is -0.388. The Morgan fingerprint density at radius 3 is 2.11 bits per heavy atom. The van der Waals surface area contributed by atoms with Gasteiger partial charge in [-0.15, -0.1) is 0 Å². The number of aliphatic hydroxyl groups is 2. The van der Waals surface area contributed by atoms with Gasteiger partial charge in [0, 0.05) is 5.57 Å². The first-order valence-corrected chi connectivity index (χ1v) is 5.84. The molecule has 0 saturated carbocycles. The molecule has 0 bridgehead atoms. The van der Waals surface area contributed by atoms with Crippen molar-refractivity contribution in [2.45, 2.75) is 6.92 Å². The Morgan fingerprint density at radius 2 is 1.68 bits per heavy atom. The number of rotatable bonds is 6. The van der Waals surface area contributed by atoms with Crippen molar-refractivity contribution in [2.75, 3.05) is 26.4 Å². The van der Waals surface area contributed by atoms with Crippen molar-refractivity contribution in [2.24, 2.45) is 0 Å². The third-order valence-corrected chi connectivity index (χ3v) is 1.77. The van der Waals surface area contributed by atoms with E-state index in [0.29, 0.717) is 24.5 Å².